The Hall–Kier alpha value is -1.14. The number of rotatable bonds is 7. The zero-order chi connectivity index (χ0) is 15.9. The van der Waals surface area contributed by atoms with Crippen molar-refractivity contribution in [3.8, 4) is 0 Å². The van der Waals surface area contributed by atoms with Crippen LogP contribution in [0.3, 0.4) is 0 Å². The molecule has 1 saturated heterocycles. The number of methoxy groups -OCH3 is 1. The highest BCUT2D eigenvalue weighted by atomic mass is 35.5. The summed E-state index contributed by atoms with van der Waals surface area (Å²) < 4.78 is 5.19. The molecule has 1 amide bonds. The van der Waals surface area contributed by atoms with Crippen LogP contribution in [0.1, 0.15) is 37.4 Å². The molecule has 5 nitrogen and oxygen atoms in total. The Morgan fingerprint density at radius 1 is 1.43 bits per heavy atom. The molecule has 23 heavy (non-hydrogen) atoms. The second-order valence-electron chi connectivity index (χ2n) is 5.84. The van der Waals surface area contributed by atoms with E-state index in [9.17, 15) is 9.90 Å². The number of hydrogen-bond donors (Lipinski definition) is 2. The van der Waals surface area contributed by atoms with Gasteiger partial charge in [-0.3, -0.25) is 4.79 Å². The van der Waals surface area contributed by atoms with Gasteiger partial charge in [0.25, 0.3) is 0 Å². The van der Waals surface area contributed by atoms with Gasteiger partial charge in [-0.1, -0.05) is 30.3 Å². The minimum Gasteiger partial charge on any atom is -0.388 e. The summed E-state index contributed by atoms with van der Waals surface area (Å²) in [4.78, 5) is 14.3. The zero-order valence-electron chi connectivity index (χ0n) is 13.6. The van der Waals surface area contributed by atoms with E-state index in [1.54, 1.807) is 7.11 Å². The van der Waals surface area contributed by atoms with Crippen LogP contribution in [0, 0.1) is 0 Å². The quantitative estimate of drug-likeness (QED) is 0.793. The summed E-state index contributed by atoms with van der Waals surface area (Å²) in [5.41, 5.74) is 6.49. The lowest BCUT2D eigenvalue weighted by Gasteiger charge is -2.28. The first-order valence-electron chi connectivity index (χ1n) is 7.91. The molecule has 0 saturated carbocycles. The summed E-state index contributed by atoms with van der Waals surface area (Å²) in [5, 5.41) is 10.4. The van der Waals surface area contributed by atoms with Gasteiger partial charge in [0.05, 0.1) is 18.6 Å². The van der Waals surface area contributed by atoms with Gasteiger partial charge in [-0.25, -0.2) is 0 Å². The van der Waals surface area contributed by atoms with Crippen LogP contribution in [-0.4, -0.2) is 48.3 Å². The molecule has 0 bridgehead atoms. The van der Waals surface area contributed by atoms with Crippen molar-refractivity contribution in [1.29, 1.82) is 0 Å². The number of aliphatic hydroxyl groups excluding tert-OH is 1. The first-order valence-corrected chi connectivity index (χ1v) is 7.91. The minimum atomic E-state index is -0.535. The number of carbonyl (C=O) groups is 1. The third kappa shape index (κ3) is 5.46. The van der Waals surface area contributed by atoms with Gasteiger partial charge in [0.15, 0.2) is 0 Å². The Bertz CT molecular complexity index is 468. The van der Waals surface area contributed by atoms with E-state index in [0.29, 0.717) is 19.4 Å². The van der Waals surface area contributed by atoms with E-state index in [-0.39, 0.29) is 30.5 Å². The van der Waals surface area contributed by atoms with Gasteiger partial charge >= 0.3 is 0 Å². The van der Waals surface area contributed by atoms with Gasteiger partial charge in [0.2, 0.25) is 5.91 Å². The van der Waals surface area contributed by atoms with E-state index in [2.05, 4.69) is 0 Å². The highest BCUT2D eigenvalue weighted by Gasteiger charge is 2.31. The Morgan fingerprint density at radius 2 is 2.13 bits per heavy atom. The maximum atomic E-state index is 12.4. The molecule has 3 atom stereocenters. The molecule has 3 unspecified atom stereocenters. The molecule has 0 aliphatic carbocycles. The van der Waals surface area contributed by atoms with Crippen LogP contribution in [0.5, 0.6) is 0 Å². The van der Waals surface area contributed by atoms with Crippen molar-refractivity contribution in [2.24, 2.45) is 5.73 Å². The number of halogens is 1. The van der Waals surface area contributed by atoms with Crippen LogP contribution in [0.4, 0.5) is 0 Å². The predicted octanol–water partition coefficient (Wildman–Crippen LogP) is 1.89. The summed E-state index contributed by atoms with van der Waals surface area (Å²) >= 11 is 0. The fourth-order valence-electron chi connectivity index (χ4n) is 3.05. The van der Waals surface area contributed by atoms with Gasteiger partial charge in [0.1, 0.15) is 0 Å². The Labute approximate surface area is 144 Å². The van der Waals surface area contributed by atoms with Crippen LogP contribution < -0.4 is 5.73 Å². The molecule has 1 aliphatic heterocycles. The third-order valence-corrected chi connectivity index (χ3v) is 4.38. The predicted molar refractivity (Wildman–Crippen MR) is 92.5 cm³/mol. The lowest BCUT2D eigenvalue weighted by molar-refractivity contribution is -0.134. The van der Waals surface area contributed by atoms with Crippen molar-refractivity contribution in [2.45, 2.75) is 43.9 Å². The molecule has 0 aromatic heterocycles. The Kier molecular flexibility index (Phi) is 8.55. The smallest absolute Gasteiger partial charge is 0.225 e. The van der Waals surface area contributed by atoms with Gasteiger partial charge in [-0.2, -0.15) is 0 Å². The SMILES string of the molecule is COC(CN)CC(=O)N1CCCC1CC(O)c1ccccc1.Cl. The van der Waals surface area contributed by atoms with Gasteiger partial charge in [-0.05, 0) is 24.8 Å². The standard InChI is InChI=1S/C17H26N2O3.ClH/c1-22-15(12-18)11-17(21)19-9-5-8-14(19)10-16(20)13-6-3-2-4-7-13;/h2-4,6-7,14-16,20H,5,8-12,18H2,1H3;1H. The Balaban J connectivity index is 0.00000264. The summed E-state index contributed by atoms with van der Waals surface area (Å²) in [6, 6.07) is 9.70. The largest absolute Gasteiger partial charge is 0.388 e. The number of hydrogen-bond acceptors (Lipinski definition) is 4. The minimum absolute atomic E-state index is 0. The Morgan fingerprint density at radius 3 is 2.74 bits per heavy atom. The average molecular weight is 343 g/mol. The number of benzene rings is 1. The van der Waals surface area contributed by atoms with Crippen LogP contribution in [0.15, 0.2) is 30.3 Å². The first kappa shape index (κ1) is 19.9. The molecule has 0 radical (unpaired) electrons. The van der Waals surface area contributed by atoms with Crippen LogP contribution in [0.2, 0.25) is 0 Å². The molecule has 6 heteroatoms. The van der Waals surface area contributed by atoms with E-state index in [4.69, 9.17) is 10.5 Å². The molecule has 130 valence electrons. The molecule has 1 heterocycles. The van der Waals surface area contributed by atoms with Crippen molar-refractivity contribution < 1.29 is 14.6 Å². The zero-order valence-corrected chi connectivity index (χ0v) is 14.4. The van der Waals surface area contributed by atoms with E-state index >= 15 is 0 Å². The lowest BCUT2D eigenvalue weighted by Crippen LogP contribution is -2.39. The number of nitrogens with two attached hydrogens (primary N) is 1. The van der Waals surface area contributed by atoms with Crippen LogP contribution >= 0.6 is 12.4 Å². The van der Waals surface area contributed by atoms with E-state index in [0.717, 1.165) is 24.9 Å². The number of ether oxygens (including phenoxy) is 1. The normalized spacial score (nSPS) is 20.0. The number of amides is 1. The maximum Gasteiger partial charge on any atom is 0.225 e. The number of likely N-dealkylation sites (tertiary alicyclic amines) is 1. The van der Waals surface area contributed by atoms with Crippen molar-refractivity contribution in [3.63, 3.8) is 0 Å². The fraction of sp³-hybridized carbons (Fsp3) is 0.588. The second-order valence-corrected chi connectivity index (χ2v) is 5.84. The molecular weight excluding hydrogens is 316 g/mol. The summed E-state index contributed by atoms with van der Waals surface area (Å²) in [6.07, 6.45) is 2.05. The highest BCUT2D eigenvalue weighted by Crippen LogP contribution is 2.28. The molecular formula is C17H27ClN2O3. The summed E-state index contributed by atoms with van der Waals surface area (Å²) in [5.74, 6) is 0.0695. The van der Waals surface area contributed by atoms with Gasteiger partial charge in [-0.15, -0.1) is 12.4 Å². The number of nitrogens with zero attached hydrogens (tertiary/aromatic N) is 1. The molecule has 3 N–H and O–H groups in total. The van der Waals surface area contributed by atoms with Gasteiger partial charge in [0, 0.05) is 26.2 Å². The van der Waals surface area contributed by atoms with Gasteiger partial charge < -0.3 is 20.5 Å². The summed E-state index contributed by atoms with van der Waals surface area (Å²) in [7, 11) is 1.57. The van der Waals surface area contributed by atoms with E-state index < -0.39 is 6.10 Å². The summed E-state index contributed by atoms with van der Waals surface area (Å²) in [6.45, 7) is 1.10. The molecule has 0 spiro atoms. The lowest BCUT2D eigenvalue weighted by atomic mass is 10.0. The molecule has 1 aromatic rings. The van der Waals surface area contributed by atoms with Crippen molar-refractivity contribution in [2.75, 3.05) is 20.2 Å². The fourth-order valence-corrected chi connectivity index (χ4v) is 3.05. The topological polar surface area (TPSA) is 75.8 Å². The van der Waals surface area contributed by atoms with Crippen LogP contribution in [0.25, 0.3) is 0 Å². The highest BCUT2D eigenvalue weighted by molar-refractivity contribution is 5.85. The maximum absolute atomic E-state index is 12.4. The van der Waals surface area contributed by atoms with E-state index in [1.807, 2.05) is 35.2 Å². The average Bonchev–Trinajstić information content (AvgIpc) is 3.01. The number of aliphatic hydroxyl groups is 1. The van der Waals surface area contributed by atoms with Crippen molar-refractivity contribution in [3.05, 3.63) is 35.9 Å². The number of carbonyl (C=O) groups excluding carboxylic acids is 1. The molecule has 1 aromatic carbocycles. The van der Waals surface area contributed by atoms with Crippen LogP contribution in [-0.2, 0) is 9.53 Å². The van der Waals surface area contributed by atoms with Crippen molar-refractivity contribution in [1.82, 2.24) is 4.90 Å². The molecule has 1 aliphatic rings. The molecule has 2 rings (SSSR count). The monoisotopic (exact) mass is 342 g/mol. The van der Waals surface area contributed by atoms with Crippen molar-refractivity contribution >= 4 is 18.3 Å². The molecule has 1 fully saturated rings. The first-order chi connectivity index (χ1) is 10.7. The van der Waals surface area contributed by atoms with E-state index in [1.165, 1.54) is 0 Å². The second kappa shape index (κ2) is 9.88. The third-order valence-electron chi connectivity index (χ3n) is 4.38.